The Kier molecular flexibility index (Phi) is 4.96. The van der Waals surface area contributed by atoms with Gasteiger partial charge in [-0.3, -0.25) is 4.90 Å². The quantitative estimate of drug-likeness (QED) is 0.842. The van der Waals surface area contributed by atoms with E-state index in [2.05, 4.69) is 35.8 Å². The molecule has 1 aliphatic carbocycles. The van der Waals surface area contributed by atoms with Crippen LogP contribution >= 0.6 is 11.8 Å². The van der Waals surface area contributed by atoms with Crippen LogP contribution in [-0.2, 0) is 4.74 Å². The predicted octanol–water partition coefficient (Wildman–Crippen LogP) is 2.36. The van der Waals surface area contributed by atoms with E-state index in [1.165, 1.54) is 51.1 Å². The summed E-state index contributed by atoms with van der Waals surface area (Å²) in [5.41, 5.74) is 0.455. The van der Waals surface area contributed by atoms with E-state index in [9.17, 15) is 0 Å². The van der Waals surface area contributed by atoms with Crippen molar-refractivity contribution in [2.45, 2.75) is 56.9 Å². The first-order valence-corrected chi connectivity index (χ1v) is 9.40. The lowest BCUT2D eigenvalue weighted by atomic mass is 9.79. The molecule has 2 unspecified atom stereocenters. The number of nitrogens with one attached hydrogen (secondary N) is 1. The van der Waals surface area contributed by atoms with Crippen LogP contribution < -0.4 is 5.32 Å². The first kappa shape index (κ1) is 15.1. The van der Waals surface area contributed by atoms with E-state index in [0.717, 1.165) is 30.5 Å². The Morgan fingerprint density at radius 1 is 1.25 bits per heavy atom. The highest BCUT2D eigenvalue weighted by Crippen LogP contribution is 2.35. The van der Waals surface area contributed by atoms with Crippen molar-refractivity contribution in [3.05, 3.63) is 0 Å². The highest BCUT2D eigenvalue weighted by Gasteiger charge is 2.38. The second-order valence-corrected chi connectivity index (χ2v) is 8.54. The lowest BCUT2D eigenvalue weighted by Gasteiger charge is -2.46. The van der Waals surface area contributed by atoms with Gasteiger partial charge in [-0.2, -0.15) is 11.8 Å². The van der Waals surface area contributed by atoms with E-state index >= 15 is 0 Å². The molecule has 3 rings (SSSR count). The van der Waals surface area contributed by atoms with Crippen LogP contribution in [0.25, 0.3) is 0 Å². The van der Waals surface area contributed by atoms with Crippen molar-refractivity contribution in [2.24, 2.45) is 5.41 Å². The van der Waals surface area contributed by atoms with Crippen LogP contribution in [0.5, 0.6) is 0 Å². The standard InChI is InChI=1S/C16H30N2OS/c1-13-14(2)20-10-7-18(13)12-16(5-8-19-9-6-16)11-17-15-3-4-15/h13-15,17H,3-12H2,1-2H3. The molecule has 2 saturated heterocycles. The van der Waals surface area contributed by atoms with Gasteiger partial charge >= 0.3 is 0 Å². The molecule has 1 saturated carbocycles. The molecule has 20 heavy (non-hydrogen) atoms. The van der Waals surface area contributed by atoms with Crippen molar-refractivity contribution in [3.63, 3.8) is 0 Å². The Morgan fingerprint density at radius 3 is 2.70 bits per heavy atom. The number of ether oxygens (including phenoxy) is 1. The van der Waals surface area contributed by atoms with Crippen LogP contribution in [0.15, 0.2) is 0 Å². The smallest absolute Gasteiger partial charge is 0.0472 e. The van der Waals surface area contributed by atoms with E-state index in [0.29, 0.717) is 5.41 Å². The van der Waals surface area contributed by atoms with Gasteiger partial charge in [0.25, 0.3) is 0 Å². The van der Waals surface area contributed by atoms with Crippen molar-refractivity contribution in [1.29, 1.82) is 0 Å². The average molecular weight is 298 g/mol. The van der Waals surface area contributed by atoms with E-state index in [1.807, 2.05) is 0 Å². The van der Waals surface area contributed by atoms with Gasteiger partial charge in [0.1, 0.15) is 0 Å². The second kappa shape index (κ2) is 6.55. The summed E-state index contributed by atoms with van der Waals surface area (Å²) in [6.45, 7) is 10.5. The highest BCUT2D eigenvalue weighted by atomic mass is 32.2. The molecule has 0 bridgehead atoms. The Labute approximate surface area is 128 Å². The van der Waals surface area contributed by atoms with Crippen LogP contribution in [0.4, 0.5) is 0 Å². The molecule has 116 valence electrons. The number of thioether (sulfide) groups is 1. The largest absolute Gasteiger partial charge is 0.381 e. The monoisotopic (exact) mass is 298 g/mol. The summed E-state index contributed by atoms with van der Waals surface area (Å²) in [6, 6.07) is 1.54. The molecule has 2 heterocycles. The first-order valence-electron chi connectivity index (χ1n) is 8.35. The molecule has 0 amide bonds. The molecule has 3 fully saturated rings. The van der Waals surface area contributed by atoms with Crippen LogP contribution in [0.1, 0.15) is 39.5 Å². The molecule has 3 nitrogen and oxygen atoms in total. The summed E-state index contributed by atoms with van der Waals surface area (Å²) < 4.78 is 5.63. The summed E-state index contributed by atoms with van der Waals surface area (Å²) >= 11 is 2.14. The minimum absolute atomic E-state index is 0.455. The summed E-state index contributed by atoms with van der Waals surface area (Å²) in [7, 11) is 0. The Balaban J connectivity index is 1.61. The third-order valence-electron chi connectivity index (χ3n) is 5.45. The minimum atomic E-state index is 0.455. The zero-order chi connectivity index (χ0) is 14.0. The fraction of sp³-hybridized carbons (Fsp3) is 1.00. The van der Waals surface area contributed by atoms with Crippen molar-refractivity contribution < 1.29 is 4.74 Å². The van der Waals surface area contributed by atoms with E-state index in [1.54, 1.807) is 0 Å². The molecule has 0 aromatic rings. The maximum Gasteiger partial charge on any atom is 0.0472 e. The van der Waals surface area contributed by atoms with Crippen LogP contribution in [0.3, 0.4) is 0 Å². The van der Waals surface area contributed by atoms with Gasteiger partial charge in [0.2, 0.25) is 0 Å². The molecule has 4 heteroatoms. The maximum atomic E-state index is 5.63. The summed E-state index contributed by atoms with van der Waals surface area (Å²) in [6.07, 6.45) is 5.25. The lowest BCUT2D eigenvalue weighted by molar-refractivity contribution is -0.0103. The van der Waals surface area contributed by atoms with E-state index in [4.69, 9.17) is 4.74 Å². The van der Waals surface area contributed by atoms with Gasteiger partial charge < -0.3 is 10.1 Å². The molecule has 0 aromatic carbocycles. The molecule has 3 aliphatic rings. The SMILES string of the molecule is CC1SCCN(CC2(CNC3CC3)CCOCC2)C1C. The van der Waals surface area contributed by atoms with Crippen molar-refractivity contribution in [1.82, 2.24) is 10.2 Å². The lowest BCUT2D eigenvalue weighted by Crippen LogP contribution is -2.53. The molecular formula is C16H30N2OS. The molecular weight excluding hydrogens is 268 g/mol. The zero-order valence-corrected chi connectivity index (χ0v) is 13.9. The van der Waals surface area contributed by atoms with Gasteiger partial charge in [0.05, 0.1) is 0 Å². The number of hydrogen-bond acceptors (Lipinski definition) is 4. The van der Waals surface area contributed by atoms with E-state index < -0.39 is 0 Å². The van der Waals surface area contributed by atoms with Crippen molar-refractivity contribution >= 4 is 11.8 Å². The van der Waals surface area contributed by atoms with Gasteiger partial charge in [-0.15, -0.1) is 0 Å². The zero-order valence-electron chi connectivity index (χ0n) is 13.1. The summed E-state index contributed by atoms with van der Waals surface area (Å²) in [4.78, 5) is 2.75. The fourth-order valence-electron chi connectivity index (χ4n) is 3.49. The molecule has 1 N–H and O–H groups in total. The van der Waals surface area contributed by atoms with Crippen LogP contribution in [0, 0.1) is 5.41 Å². The average Bonchev–Trinajstić information content (AvgIpc) is 3.27. The molecule has 2 atom stereocenters. The van der Waals surface area contributed by atoms with Gasteiger partial charge in [-0.25, -0.2) is 0 Å². The molecule has 0 radical (unpaired) electrons. The summed E-state index contributed by atoms with van der Waals surface area (Å²) in [5, 5.41) is 4.57. The number of nitrogens with zero attached hydrogens (tertiary/aromatic N) is 1. The van der Waals surface area contributed by atoms with Crippen LogP contribution in [0.2, 0.25) is 0 Å². The molecule has 0 aromatic heterocycles. The van der Waals surface area contributed by atoms with Gasteiger partial charge in [0.15, 0.2) is 0 Å². The topological polar surface area (TPSA) is 24.5 Å². The third-order valence-corrected chi connectivity index (χ3v) is 6.79. The van der Waals surface area contributed by atoms with Gasteiger partial charge in [-0.05, 0) is 38.0 Å². The molecule has 2 aliphatic heterocycles. The Hall–Kier alpha value is 0.230. The normalized spacial score (nSPS) is 35.1. The number of hydrogen-bond donors (Lipinski definition) is 1. The van der Waals surface area contributed by atoms with Gasteiger partial charge in [-0.1, -0.05) is 6.92 Å². The van der Waals surface area contributed by atoms with E-state index in [-0.39, 0.29) is 0 Å². The third kappa shape index (κ3) is 3.70. The Bertz CT molecular complexity index is 316. The van der Waals surface area contributed by atoms with Crippen LogP contribution in [-0.4, -0.2) is 60.8 Å². The van der Waals surface area contributed by atoms with Crippen molar-refractivity contribution in [2.75, 3.05) is 38.6 Å². The summed E-state index contributed by atoms with van der Waals surface area (Å²) in [5.74, 6) is 1.30. The minimum Gasteiger partial charge on any atom is -0.381 e. The Morgan fingerprint density at radius 2 is 2.00 bits per heavy atom. The highest BCUT2D eigenvalue weighted by molar-refractivity contribution is 8.00. The number of rotatable bonds is 5. The maximum absolute atomic E-state index is 5.63. The second-order valence-electron chi connectivity index (χ2n) is 7.05. The predicted molar refractivity (Wildman–Crippen MR) is 86.5 cm³/mol. The molecule has 0 spiro atoms. The fourth-order valence-corrected chi connectivity index (χ4v) is 4.66. The van der Waals surface area contributed by atoms with Gasteiger partial charge in [0, 0.05) is 55.9 Å². The first-order chi connectivity index (χ1) is 9.69. The van der Waals surface area contributed by atoms with Crippen molar-refractivity contribution in [3.8, 4) is 0 Å².